The first kappa shape index (κ1) is 15.7. The van der Waals surface area contributed by atoms with Crippen LogP contribution in [0.1, 0.15) is 45.4 Å². The zero-order valence-electron chi connectivity index (χ0n) is 13.2. The van der Waals surface area contributed by atoms with Gasteiger partial charge in [-0.2, -0.15) is 0 Å². The van der Waals surface area contributed by atoms with Crippen LogP contribution in [0.5, 0.6) is 5.75 Å². The van der Waals surface area contributed by atoms with Crippen LogP contribution in [0.4, 0.5) is 5.69 Å². The topological polar surface area (TPSA) is 50.8 Å². The first-order chi connectivity index (χ1) is 10.3. The largest absolute Gasteiger partial charge is 0.495 e. The van der Waals surface area contributed by atoms with Gasteiger partial charge >= 0.3 is 0 Å². The number of aliphatic imine (C=N–C) groups is 1. The van der Waals surface area contributed by atoms with E-state index in [0.717, 1.165) is 24.4 Å². The number of anilines is 1. The van der Waals surface area contributed by atoms with Crippen LogP contribution in [0.25, 0.3) is 0 Å². The van der Waals surface area contributed by atoms with Gasteiger partial charge in [-0.25, -0.2) is 0 Å². The third-order valence-corrected chi connectivity index (χ3v) is 4.06. The predicted molar refractivity (Wildman–Crippen MR) is 89.1 cm³/mol. The van der Waals surface area contributed by atoms with Crippen molar-refractivity contribution in [3.05, 3.63) is 24.3 Å². The van der Waals surface area contributed by atoms with Crippen LogP contribution < -0.4 is 15.4 Å². The number of nitrogens with two attached hydrogens (primary N) is 1. The monoisotopic (exact) mass is 289 g/mol. The molecule has 0 amide bonds. The third-order valence-electron chi connectivity index (χ3n) is 4.06. The Balaban J connectivity index is 2.00. The van der Waals surface area contributed by atoms with Crippen LogP contribution in [-0.4, -0.2) is 25.7 Å². The van der Waals surface area contributed by atoms with Gasteiger partial charge in [-0.1, -0.05) is 51.2 Å². The maximum Gasteiger partial charge on any atom is 0.196 e. The van der Waals surface area contributed by atoms with Gasteiger partial charge in [-0.3, -0.25) is 4.99 Å². The highest BCUT2D eigenvalue weighted by atomic mass is 16.5. The van der Waals surface area contributed by atoms with Crippen LogP contribution >= 0.6 is 0 Å². The number of para-hydroxylation sites is 2. The third kappa shape index (κ3) is 3.90. The summed E-state index contributed by atoms with van der Waals surface area (Å²) in [6.07, 6.45) is 7.61. The standard InChI is InChI=1S/C17H27N3O/c1-3-4-5-6-7-10-14-13-19-17(18)20(14)15-11-8-9-12-16(15)21-2/h8-9,11-12,14H,3-7,10,13H2,1-2H3,(H2,18,19). The number of benzene rings is 1. The average molecular weight is 289 g/mol. The molecule has 21 heavy (non-hydrogen) atoms. The highest BCUT2D eigenvalue weighted by Gasteiger charge is 2.28. The van der Waals surface area contributed by atoms with E-state index in [1.165, 1.54) is 32.1 Å². The van der Waals surface area contributed by atoms with Crippen molar-refractivity contribution in [3.63, 3.8) is 0 Å². The molecular formula is C17H27N3O. The number of hydrogen-bond donors (Lipinski definition) is 1. The summed E-state index contributed by atoms with van der Waals surface area (Å²) in [6, 6.07) is 8.38. The summed E-state index contributed by atoms with van der Waals surface area (Å²) in [7, 11) is 1.70. The fourth-order valence-electron chi connectivity index (χ4n) is 2.90. The van der Waals surface area contributed by atoms with E-state index >= 15 is 0 Å². The Morgan fingerprint density at radius 2 is 2.00 bits per heavy atom. The quantitative estimate of drug-likeness (QED) is 0.744. The van der Waals surface area contributed by atoms with Gasteiger partial charge in [-0.15, -0.1) is 0 Å². The molecule has 0 spiro atoms. The van der Waals surface area contributed by atoms with E-state index < -0.39 is 0 Å². The molecule has 4 heteroatoms. The van der Waals surface area contributed by atoms with E-state index in [-0.39, 0.29) is 0 Å². The van der Waals surface area contributed by atoms with Crippen LogP contribution in [-0.2, 0) is 0 Å². The van der Waals surface area contributed by atoms with E-state index in [1.807, 2.05) is 18.2 Å². The number of ether oxygens (including phenoxy) is 1. The van der Waals surface area contributed by atoms with Gasteiger partial charge in [-0.05, 0) is 18.6 Å². The van der Waals surface area contributed by atoms with Crippen molar-refractivity contribution in [2.75, 3.05) is 18.6 Å². The molecule has 0 aromatic heterocycles. The zero-order chi connectivity index (χ0) is 15.1. The maximum absolute atomic E-state index is 6.10. The second-order valence-electron chi connectivity index (χ2n) is 5.60. The minimum atomic E-state index is 0.364. The smallest absolute Gasteiger partial charge is 0.196 e. The maximum atomic E-state index is 6.10. The van der Waals surface area contributed by atoms with E-state index in [2.05, 4.69) is 22.9 Å². The second-order valence-corrected chi connectivity index (χ2v) is 5.60. The van der Waals surface area contributed by atoms with Crippen LogP contribution in [0, 0.1) is 0 Å². The number of rotatable bonds is 8. The Morgan fingerprint density at radius 3 is 2.76 bits per heavy atom. The molecular weight excluding hydrogens is 262 g/mol. The van der Waals surface area contributed by atoms with Gasteiger partial charge in [0.05, 0.1) is 25.4 Å². The normalized spacial score (nSPS) is 17.9. The number of hydrogen-bond acceptors (Lipinski definition) is 4. The lowest BCUT2D eigenvalue weighted by Crippen LogP contribution is -2.41. The number of guanidine groups is 1. The SMILES string of the molecule is CCCCCCCC1CN=C(N)N1c1ccccc1OC. The molecule has 0 saturated carbocycles. The van der Waals surface area contributed by atoms with E-state index in [0.29, 0.717) is 12.0 Å². The van der Waals surface area contributed by atoms with Gasteiger partial charge < -0.3 is 15.4 Å². The molecule has 2 rings (SSSR count). The van der Waals surface area contributed by atoms with Crippen molar-refractivity contribution in [1.82, 2.24) is 0 Å². The molecule has 1 aliphatic heterocycles. The molecule has 1 heterocycles. The summed E-state index contributed by atoms with van der Waals surface area (Å²) >= 11 is 0. The lowest BCUT2D eigenvalue weighted by molar-refractivity contribution is 0.414. The minimum Gasteiger partial charge on any atom is -0.495 e. The molecule has 0 bridgehead atoms. The molecule has 0 fully saturated rings. The Morgan fingerprint density at radius 1 is 1.24 bits per heavy atom. The van der Waals surface area contributed by atoms with Crippen LogP contribution in [0.15, 0.2) is 29.3 Å². The van der Waals surface area contributed by atoms with Gasteiger partial charge in [0.15, 0.2) is 5.96 Å². The molecule has 0 aliphatic carbocycles. The van der Waals surface area contributed by atoms with Gasteiger partial charge in [0.2, 0.25) is 0 Å². The second kappa shape index (κ2) is 7.91. The fraction of sp³-hybridized carbons (Fsp3) is 0.588. The Kier molecular flexibility index (Phi) is 5.90. The highest BCUT2D eigenvalue weighted by Crippen LogP contribution is 2.32. The molecule has 1 unspecified atom stereocenters. The molecule has 1 aromatic carbocycles. The molecule has 1 aliphatic rings. The fourth-order valence-corrected chi connectivity index (χ4v) is 2.90. The summed E-state index contributed by atoms with van der Waals surface area (Å²) in [6.45, 7) is 3.03. The van der Waals surface area contributed by atoms with Gasteiger partial charge in [0.25, 0.3) is 0 Å². The van der Waals surface area contributed by atoms with Crippen molar-refractivity contribution in [2.24, 2.45) is 10.7 Å². The van der Waals surface area contributed by atoms with Crippen molar-refractivity contribution in [1.29, 1.82) is 0 Å². The lowest BCUT2D eigenvalue weighted by Gasteiger charge is -2.27. The Labute approximate surface area is 128 Å². The van der Waals surface area contributed by atoms with Gasteiger partial charge in [0, 0.05) is 0 Å². The van der Waals surface area contributed by atoms with Crippen LogP contribution in [0.3, 0.4) is 0 Å². The number of unbranched alkanes of at least 4 members (excludes halogenated alkanes) is 4. The Hall–Kier alpha value is -1.71. The van der Waals surface area contributed by atoms with E-state index in [9.17, 15) is 0 Å². The molecule has 1 atom stereocenters. The van der Waals surface area contributed by atoms with Crippen molar-refractivity contribution in [3.8, 4) is 5.75 Å². The number of nitrogens with zero attached hydrogens (tertiary/aromatic N) is 2. The van der Waals surface area contributed by atoms with Crippen molar-refractivity contribution in [2.45, 2.75) is 51.5 Å². The number of methoxy groups -OCH3 is 1. The molecule has 2 N–H and O–H groups in total. The predicted octanol–water partition coefficient (Wildman–Crippen LogP) is 3.56. The average Bonchev–Trinajstić information content (AvgIpc) is 2.88. The molecule has 0 radical (unpaired) electrons. The summed E-state index contributed by atoms with van der Waals surface area (Å²) < 4.78 is 5.46. The summed E-state index contributed by atoms with van der Waals surface area (Å²) in [5, 5.41) is 0. The lowest BCUT2D eigenvalue weighted by atomic mass is 10.1. The molecule has 0 saturated heterocycles. The van der Waals surface area contributed by atoms with E-state index in [4.69, 9.17) is 10.5 Å². The summed E-state index contributed by atoms with van der Waals surface area (Å²) in [5.74, 6) is 1.46. The van der Waals surface area contributed by atoms with Crippen molar-refractivity contribution < 1.29 is 4.74 Å². The summed E-state index contributed by atoms with van der Waals surface area (Å²) in [5.41, 5.74) is 7.12. The Bertz CT molecular complexity index is 473. The minimum absolute atomic E-state index is 0.364. The summed E-state index contributed by atoms with van der Waals surface area (Å²) in [4.78, 5) is 6.57. The molecule has 4 nitrogen and oxygen atoms in total. The highest BCUT2D eigenvalue weighted by molar-refractivity contribution is 5.98. The van der Waals surface area contributed by atoms with E-state index in [1.54, 1.807) is 7.11 Å². The molecule has 116 valence electrons. The van der Waals surface area contributed by atoms with Crippen LogP contribution in [0.2, 0.25) is 0 Å². The van der Waals surface area contributed by atoms with Gasteiger partial charge in [0.1, 0.15) is 5.75 Å². The zero-order valence-corrected chi connectivity index (χ0v) is 13.2. The first-order valence-corrected chi connectivity index (χ1v) is 8.00. The van der Waals surface area contributed by atoms with Crippen molar-refractivity contribution >= 4 is 11.6 Å². The molecule has 1 aromatic rings. The first-order valence-electron chi connectivity index (χ1n) is 8.00.